The van der Waals surface area contributed by atoms with Gasteiger partial charge >= 0.3 is 11.9 Å². The maximum Gasteiger partial charge on any atom is 0.320 e. The Balaban J connectivity index is 4.56. The number of allylic oxidation sites excluding steroid dienone is 1. The number of rotatable bonds is 8. The van der Waals surface area contributed by atoms with Crippen molar-refractivity contribution in [3.05, 3.63) is 24.8 Å². The van der Waals surface area contributed by atoms with Crippen LogP contribution in [0.15, 0.2) is 24.8 Å². The normalized spacial score (nSPS) is 12.4. The summed E-state index contributed by atoms with van der Waals surface area (Å²) in [7, 11) is 0. The van der Waals surface area contributed by atoms with Crippen LogP contribution in [0.1, 0.15) is 20.3 Å². The Morgan fingerprint density at radius 3 is 2.11 bits per heavy atom. The fourth-order valence-corrected chi connectivity index (χ4v) is 1.21. The fraction of sp³-hybridized carbons (Fsp3) is 0.538. The van der Waals surface area contributed by atoms with Crippen molar-refractivity contribution in [2.75, 3.05) is 13.2 Å². The molecule has 0 aliphatic heterocycles. The number of esters is 2. The van der Waals surface area contributed by atoms with Crippen molar-refractivity contribution >= 4 is 11.9 Å². The quantitative estimate of drug-likeness (QED) is 0.401. The molecule has 0 saturated heterocycles. The van der Waals surface area contributed by atoms with E-state index in [1.807, 2.05) is 0 Å². The van der Waals surface area contributed by atoms with E-state index in [0.29, 0.717) is 0 Å². The van der Waals surface area contributed by atoms with Crippen molar-refractivity contribution in [2.24, 2.45) is 5.92 Å². The molecule has 102 valence electrons. The predicted octanol–water partition coefficient (Wildman–Crippen LogP) is 1.22. The number of hydrogen-bond donors (Lipinski definition) is 1. The Bertz CT molecular complexity index is 291. The zero-order chi connectivity index (χ0) is 14.0. The van der Waals surface area contributed by atoms with Gasteiger partial charge in [0.15, 0.2) is 5.92 Å². The number of carbonyl (C=O) groups excluding carboxylic acids is 2. The van der Waals surface area contributed by atoms with Crippen molar-refractivity contribution in [2.45, 2.75) is 26.4 Å². The minimum absolute atomic E-state index is 0.128. The molecule has 18 heavy (non-hydrogen) atoms. The Morgan fingerprint density at radius 1 is 1.22 bits per heavy atom. The van der Waals surface area contributed by atoms with E-state index in [0.717, 1.165) is 0 Å². The first-order valence-corrected chi connectivity index (χ1v) is 5.87. The molecule has 5 heteroatoms. The van der Waals surface area contributed by atoms with E-state index in [-0.39, 0.29) is 19.6 Å². The van der Waals surface area contributed by atoms with Crippen LogP contribution in [-0.4, -0.2) is 36.4 Å². The molecule has 0 unspecified atom stereocenters. The van der Waals surface area contributed by atoms with Crippen LogP contribution in [0.4, 0.5) is 0 Å². The Labute approximate surface area is 107 Å². The van der Waals surface area contributed by atoms with Crippen molar-refractivity contribution in [1.29, 1.82) is 0 Å². The van der Waals surface area contributed by atoms with Gasteiger partial charge in [-0.2, -0.15) is 0 Å². The van der Waals surface area contributed by atoms with Crippen molar-refractivity contribution < 1.29 is 24.2 Å². The maximum absolute atomic E-state index is 11.6. The summed E-state index contributed by atoms with van der Waals surface area (Å²) >= 11 is 0. The van der Waals surface area contributed by atoms with Crippen LogP contribution in [0.25, 0.3) is 0 Å². The largest absolute Gasteiger partial charge is 0.465 e. The lowest BCUT2D eigenvalue weighted by Gasteiger charge is -2.12. The summed E-state index contributed by atoms with van der Waals surface area (Å²) in [6.07, 6.45) is 3.64. The van der Waals surface area contributed by atoms with Crippen LogP contribution >= 0.6 is 0 Å². The zero-order valence-electron chi connectivity index (χ0n) is 10.8. The number of aliphatic hydroxyl groups excluding tert-OH is 1. The molecule has 0 aromatic rings. The zero-order valence-corrected chi connectivity index (χ0v) is 10.8. The SMILES string of the molecule is C=C[C@@H](O)/C=C/CC(C(=O)OCC)C(=O)OCC. The van der Waals surface area contributed by atoms with Crippen molar-refractivity contribution in [1.82, 2.24) is 0 Å². The minimum atomic E-state index is -0.988. The molecular formula is C13H20O5. The first-order valence-electron chi connectivity index (χ1n) is 5.87. The van der Waals surface area contributed by atoms with E-state index >= 15 is 0 Å². The average molecular weight is 256 g/mol. The van der Waals surface area contributed by atoms with Crippen molar-refractivity contribution in [3.63, 3.8) is 0 Å². The highest BCUT2D eigenvalue weighted by Gasteiger charge is 2.28. The lowest BCUT2D eigenvalue weighted by molar-refractivity contribution is -0.161. The van der Waals surface area contributed by atoms with Gasteiger partial charge in [0.1, 0.15) is 0 Å². The molecule has 0 spiro atoms. The number of hydrogen-bond acceptors (Lipinski definition) is 5. The van der Waals surface area contributed by atoms with Crippen LogP contribution in [0.3, 0.4) is 0 Å². The molecule has 1 N–H and O–H groups in total. The van der Waals surface area contributed by atoms with Gasteiger partial charge in [-0.1, -0.05) is 18.2 Å². The number of aliphatic hydroxyl groups is 1. The van der Waals surface area contributed by atoms with E-state index in [1.165, 1.54) is 18.2 Å². The van der Waals surface area contributed by atoms with E-state index in [2.05, 4.69) is 6.58 Å². The van der Waals surface area contributed by atoms with E-state index < -0.39 is 24.0 Å². The lowest BCUT2D eigenvalue weighted by atomic mass is 10.1. The third kappa shape index (κ3) is 6.20. The summed E-state index contributed by atoms with van der Waals surface area (Å²) in [5.41, 5.74) is 0. The molecule has 0 heterocycles. The highest BCUT2D eigenvalue weighted by molar-refractivity contribution is 5.95. The van der Waals surface area contributed by atoms with Crippen LogP contribution in [0, 0.1) is 5.92 Å². The standard InChI is InChI=1S/C13H20O5/c1-4-10(14)8-7-9-11(12(15)17-5-2)13(16)18-6-3/h4,7-8,10-11,14H,1,5-6,9H2,2-3H3/b8-7+/t10-/m1/s1. The highest BCUT2D eigenvalue weighted by atomic mass is 16.6. The van der Waals surface area contributed by atoms with Gasteiger partial charge in [0.05, 0.1) is 19.3 Å². The van der Waals surface area contributed by atoms with Gasteiger partial charge in [0, 0.05) is 0 Å². The molecule has 0 radical (unpaired) electrons. The van der Waals surface area contributed by atoms with Crippen molar-refractivity contribution in [3.8, 4) is 0 Å². The van der Waals surface area contributed by atoms with Crippen LogP contribution < -0.4 is 0 Å². The minimum Gasteiger partial charge on any atom is -0.465 e. The number of carbonyl (C=O) groups is 2. The topological polar surface area (TPSA) is 72.8 Å². The van der Waals surface area contributed by atoms with Gasteiger partial charge in [0.25, 0.3) is 0 Å². The molecule has 0 fully saturated rings. The van der Waals surface area contributed by atoms with Gasteiger partial charge < -0.3 is 14.6 Å². The van der Waals surface area contributed by atoms with Gasteiger partial charge in [-0.15, -0.1) is 6.58 Å². The summed E-state index contributed by atoms with van der Waals surface area (Å²) < 4.78 is 9.60. The molecule has 1 atom stereocenters. The van der Waals surface area contributed by atoms with Crippen LogP contribution in [0.2, 0.25) is 0 Å². The summed E-state index contributed by atoms with van der Waals surface area (Å²) in [4.78, 5) is 23.1. The van der Waals surface area contributed by atoms with Gasteiger partial charge in [-0.3, -0.25) is 9.59 Å². The molecule has 0 aromatic heterocycles. The fourth-order valence-electron chi connectivity index (χ4n) is 1.21. The predicted molar refractivity (Wildman–Crippen MR) is 66.7 cm³/mol. The van der Waals surface area contributed by atoms with Gasteiger partial charge in [0.2, 0.25) is 0 Å². The first-order chi connectivity index (χ1) is 8.56. The summed E-state index contributed by atoms with van der Waals surface area (Å²) in [5.74, 6) is -2.22. The van der Waals surface area contributed by atoms with E-state index in [1.54, 1.807) is 13.8 Å². The van der Waals surface area contributed by atoms with E-state index in [4.69, 9.17) is 9.47 Å². The highest BCUT2D eigenvalue weighted by Crippen LogP contribution is 2.10. The second-order valence-corrected chi connectivity index (χ2v) is 3.45. The second-order valence-electron chi connectivity index (χ2n) is 3.45. The van der Waals surface area contributed by atoms with E-state index in [9.17, 15) is 14.7 Å². The molecule has 0 rings (SSSR count). The molecule has 0 aliphatic rings. The molecule has 0 aromatic carbocycles. The molecule has 0 saturated carbocycles. The molecule has 0 bridgehead atoms. The summed E-state index contributed by atoms with van der Waals surface area (Å²) in [5, 5.41) is 9.22. The van der Waals surface area contributed by atoms with Gasteiger partial charge in [-0.05, 0) is 20.3 Å². The van der Waals surface area contributed by atoms with Crippen LogP contribution in [0.5, 0.6) is 0 Å². The monoisotopic (exact) mass is 256 g/mol. The molecular weight excluding hydrogens is 236 g/mol. The molecule has 0 aliphatic carbocycles. The Hall–Kier alpha value is -1.62. The third-order valence-electron chi connectivity index (χ3n) is 2.09. The summed E-state index contributed by atoms with van der Waals surface area (Å²) in [6.45, 7) is 7.14. The molecule has 5 nitrogen and oxygen atoms in total. The Kier molecular flexibility index (Phi) is 8.57. The van der Waals surface area contributed by atoms with Crippen LogP contribution in [-0.2, 0) is 19.1 Å². The second kappa shape index (κ2) is 9.41. The lowest BCUT2D eigenvalue weighted by Crippen LogP contribution is -2.27. The maximum atomic E-state index is 11.6. The number of ether oxygens (including phenoxy) is 2. The average Bonchev–Trinajstić information content (AvgIpc) is 2.34. The summed E-state index contributed by atoms with van der Waals surface area (Å²) in [6, 6.07) is 0. The third-order valence-corrected chi connectivity index (χ3v) is 2.09. The smallest absolute Gasteiger partial charge is 0.320 e. The molecule has 0 amide bonds. The van der Waals surface area contributed by atoms with Gasteiger partial charge in [-0.25, -0.2) is 0 Å². The Morgan fingerprint density at radius 2 is 1.72 bits per heavy atom. The first kappa shape index (κ1) is 16.4.